The van der Waals surface area contributed by atoms with E-state index in [1.807, 2.05) is 22.8 Å². The fourth-order valence-electron chi connectivity index (χ4n) is 5.02. The van der Waals surface area contributed by atoms with Crippen molar-refractivity contribution in [2.45, 2.75) is 148 Å². The number of fused-ring (bicyclic) bond motifs is 1. The molecular formula is C36H60N4O6Si3. The molecule has 1 unspecified atom stereocenters. The summed E-state index contributed by atoms with van der Waals surface area (Å²) in [6.45, 7) is 35.7. The van der Waals surface area contributed by atoms with Gasteiger partial charge < -0.3 is 22.8 Å². The Morgan fingerprint density at radius 2 is 1.35 bits per heavy atom. The lowest BCUT2D eigenvalue weighted by molar-refractivity contribution is -0.131. The summed E-state index contributed by atoms with van der Waals surface area (Å²) in [5.74, 6) is -0.00142. The highest BCUT2D eigenvalue weighted by atomic mass is 28.4. The minimum absolute atomic E-state index is 0.0311. The topological polar surface area (TPSA) is 107 Å². The van der Waals surface area contributed by atoms with Crippen molar-refractivity contribution in [3.05, 3.63) is 36.9 Å². The fraction of sp³-hybridized carbons (Fsp3) is 0.667. The SMILES string of the molecule is CC(=O)Oc1ccccc1-c1ncnc2c1ncn2C1O[C@@H](CO[Si](C)(C)C(C)(C)C)[C@H](O[Si](C)(C)C(C)(C)C)[C@@H]1O[Si](C)(C)C(C)(C)C. The molecule has 1 aliphatic rings. The Hall–Kier alpha value is -2.27. The second-order valence-corrected chi connectivity index (χ2v) is 32.3. The molecule has 2 aromatic heterocycles. The number of hydrogen-bond donors (Lipinski definition) is 0. The van der Waals surface area contributed by atoms with Crippen LogP contribution >= 0.6 is 0 Å². The number of aromatic nitrogens is 4. The van der Waals surface area contributed by atoms with E-state index in [0.29, 0.717) is 34.8 Å². The number of ether oxygens (including phenoxy) is 2. The molecule has 3 aromatic rings. The van der Waals surface area contributed by atoms with Crippen molar-refractivity contribution in [2.75, 3.05) is 6.61 Å². The van der Waals surface area contributed by atoms with Crippen LogP contribution in [0.1, 0.15) is 75.5 Å². The molecule has 0 saturated carbocycles. The molecule has 0 radical (unpaired) electrons. The molecule has 13 heteroatoms. The van der Waals surface area contributed by atoms with Gasteiger partial charge in [-0.1, -0.05) is 74.4 Å². The molecule has 10 nitrogen and oxygen atoms in total. The number of carbonyl (C=O) groups excluding carboxylic acids is 1. The Kier molecular flexibility index (Phi) is 11.0. The van der Waals surface area contributed by atoms with Gasteiger partial charge in [0.2, 0.25) is 0 Å². The summed E-state index contributed by atoms with van der Waals surface area (Å²) in [5.41, 5.74) is 2.37. The predicted molar refractivity (Wildman–Crippen MR) is 203 cm³/mol. The lowest BCUT2D eigenvalue weighted by Crippen LogP contribution is -2.54. The molecule has 1 aliphatic heterocycles. The van der Waals surface area contributed by atoms with E-state index in [0.717, 1.165) is 0 Å². The number of para-hydroxylation sites is 1. The maximum Gasteiger partial charge on any atom is 0.308 e. The molecular weight excluding hydrogens is 669 g/mol. The molecule has 4 rings (SSSR count). The van der Waals surface area contributed by atoms with Crippen molar-refractivity contribution in [3.8, 4) is 17.0 Å². The van der Waals surface area contributed by atoms with Gasteiger partial charge in [0.1, 0.15) is 41.6 Å². The van der Waals surface area contributed by atoms with Gasteiger partial charge >= 0.3 is 5.97 Å². The first-order valence-corrected chi connectivity index (χ1v) is 26.1. The van der Waals surface area contributed by atoms with Crippen LogP contribution in [0.5, 0.6) is 5.75 Å². The summed E-state index contributed by atoms with van der Waals surface area (Å²) in [5, 5.41) is -0.0493. The van der Waals surface area contributed by atoms with Gasteiger partial charge in [-0.3, -0.25) is 9.36 Å². The third kappa shape index (κ3) is 8.29. The second kappa shape index (κ2) is 13.7. The molecule has 3 heterocycles. The first-order chi connectivity index (χ1) is 22.3. The Bertz CT molecular complexity index is 1640. The zero-order valence-corrected chi connectivity index (χ0v) is 35.7. The van der Waals surface area contributed by atoms with E-state index in [1.165, 1.54) is 13.3 Å². The van der Waals surface area contributed by atoms with Crippen LogP contribution < -0.4 is 4.74 Å². The Morgan fingerprint density at radius 1 is 0.796 bits per heavy atom. The Morgan fingerprint density at radius 3 is 1.90 bits per heavy atom. The highest BCUT2D eigenvalue weighted by Gasteiger charge is 2.55. The number of nitrogens with zero attached hydrogens (tertiary/aromatic N) is 4. The van der Waals surface area contributed by atoms with Crippen LogP contribution in [-0.4, -0.2) is 75.4 Å². The number of rotatable bonds is 10. The van der Waals surface area contributed by atoms with Gasteiger partial charge in [-0.15, -0.1) is 0 Å². The molecule has 1 saturated heterocycles. The Labute approximate surface area is 297 Å². The van der Waals surface area contributed by atoms with Gasteiger partial charge in [0.25, 0.3) is 0 Å². The number of hydrogen-bond acceptors (Lipinski definition) is 9. The average Bonchev–Trinajstić information content (AvgIpc) is 3.51. The number of carbonyl (C=O) groups is 1. The summed E-state index contributed by atoms with van der Waals surface area (Å²) >= 11 is 0. The minimum atomic E-state index is -2.35. The molecule has 4 atom stereocenters. The molecule has 1 fully saturated rings. The average molecular weight is 729 g/mol. The smallest absolute Gasteiger partial charge is 0.308 e. The van der Waals surface area contributed by atoms with Crippen molar-refractivity contribution < 1.29 is 27.5 Å². The van der Waals surface area contributed by atoms with Crippen LogP contribution in [0.2, 0.25) is 54.4 Å². The van der Waals surface area contributed by atoms with Crippen LogP contribution in [0.15, 0.2) is 36.9 Å². The van der Waals surface area contributed by atoms with Crippen molar-refractivity contribution in [1.82, 2.24) is 19.5 Å². The van der Waals surface area contributed by atoms with Crippen LogP contribution in [0.4, 0.5) is 0 Å². The molecule has 0 spiro atoms. The third-order valence-electron chi connectivity index (χ3n) is 11.2. The van der Waals surface area contributed by atoms with Crippen molar-refractivity contribution >= 4 is 42.1 Å². The highest BCUT2D eigenvalue weighted by Crippen LogP contribution is 2.47. The standard InChI is InChI=1S/C36H60N4O6Si3/c1-24(41)43-26-20-18-17-19-25(26)28-29-32(38-22-37-28)40(23-39-29)33-31(46-49(15,16)36(8,9)10)30(45-48(13,14)35(5,6)7)27(44-33)21-42-47(11,12)34(2,3)4/h17-20,22-23,27,30-31,33H,21H2,1-16H3/t27-,30-,31-,33?/m0/s1. The monoisotopic (exact) mass is 728 g/mol. The van der Waals surface area contributed by atoms with Gasteiger partial charge in [-0.2, -0.15) is 0 Å². The molecule has 0 N–H and O–H groups in total. The zero-order chi connectivity index (χ0) is 37.0. The van der Waals surface area contributed by atoms with Crippen molar-refractivity contribution in [2.24, 2.45) is 0 Å². The molecule has 0 aliphatic carbocycles. The van der Waals surface area contributed by atoms with E-state index in [2.05, 4.69) is 107 Å². The van der Waals surface area contributed by atoms with E-state index in [-0.39, 0.29) is 27.3 Å². The molecule has 272 valence electrons. The predicted octanol–water partition coefficient (Wildman–Crippen LogP) is 9.12. The quantitative estimate of drug-likeness (QED) is 0.115. The lowest BCUT2D eigenvalue weighted by atomic mass is 10.1. The normalized spacial score (nSPS) is 21.4. The van der Waals surface area contributed by atoms with Crippen LogP contribution in [0.25, 0.3) is 22.4 Å². The zero-order valence-electron chi connectivity index (χ0n) is 32.7. The first kappa shape index (κ1) is 39.5. The van der Waals surface area contributed by atoms with Crippen LogP contribution in [0.3, 0.4) is 0 Å². The minimum Gasteiger partial charge on any atom is -0.426 e. The summed E-state index contributed by atoms with van der Waals surface area (Å²) in [4.78, 5) is 26.1. The second-order valence-electron chi connectivity index (χ2n) is 18.0. The number of imidazole rings is 1. The number of benzene rings is 1. The summed E-state index contributed by atoms with van der Waals surface area (Å²) in [7, 11) is -6.78. The van der Waals surface area contributed by atoms with Crippen molar-refractivity contribution in [3.63, 3.8) is 0 Å². The fourth-order valence-corrected chi connectivity index (χ4v) is 8.63. The van der Waals surface area contributed by atoms with Crippen LogP contribution in [0, 0.1) is 0 Å². The van der Waals surface area contributed by atoms with Gasteiger partial charge in [-0.25, -0.2) is 15.0 Å². The van der Waals surface area contributed by atoms with E-state index in [1.54, 1.807) is 12.4 Å². The maximum absolute atomic E-state index is 11.9. The highest BCUT2D eigenvalue weighted by molar-refractivity contribution is 6.75. The largest absolute Gasteiger partial charge is 0.426 e. The van der Waals surface area contributed by atoms with Crippen LogP contribution in [-0.2, 0) is 22.8 Å². The molecule has 49 heavy (non-hydrogen) atoms. The first-order valence-electron chi connectivity index (χ1n) is 17.4. The van der Waals surface area contributed by atoms with Crippen molar-refractivity contribution in [1.29, 1.82) is 0 Å². The lowest BCUT2D eigenvalue weighted by Gasteiger charge is -2.44. The van der Waals surface area contributed by atoms with E-state index in [9.17, 15) is 4.79 Å². The Balaban J connectivity index is 1.89. The summed E-state index contributed by atoms with van der Waals surface area (Å²) < 4.78 is 36.1. The maximum atomic E-state index is 11.9. The third-order valence-corrected chi connectivity index (χ3v) is 24.7. The summed E-state index contributed by atoms with van der Waals surface area (Å²) in [6.07, 6.45) is 1.46. The number of esters is 1. The van der Waals surface area contributed by atoms with E-state index < -0.39 is 43.3 Å². The summed E-state index contributed by atoms with van der Waals surface area (Å²) in [6, 6.07) is 7.32. The van der Waals surface area contributed by atoms with E-state index >= 15 is 0 Å². The molecule has 0 bridgehead atoms. The van der Waals surface area contributed by atoms with Gasteiger partial charge in [0.05, 0.1) is 12.9 Å². The van der Waals surface area contributed by atoms with Gasteiger partial charge in [-0.05, 0) is 66.5 Å². The molecule has 0 amide bonds. The van der Waals surface area contributed by atoms with Gasteiger partial charge in [0.15, 0.2) is 36.8 Å². The van der Waals surface area contributed by atoms with Gasteiger partial charge in [0, 0.05) is 12.5 Å². The van der Waals surface area contributed by atoms with E-state index in [4.69, 9.17) is 32.7 Å². The molecule has 1 aromatic carbocycles.